The van der Waals surface area contributed by atoms with Crippen molar-refractivity contribution in [2.75, 3.05) is 13.1 Å². The third-order valence-corrected chi connectivity index (χ3v) is 8.13. The van der Waals surface area contributed by atoms with Crippen LogP contribution in [0.3, 0.4) is 0 Å². The highest BCUT2D eigenvalue weighted by Gasteiger charge is 2.38. The molecule has 2 heterocycles. The van der Waals surface area contributed by atoms with Gasteiger partial charge in [-0.15, -0.1) is 0 Å². The van der Waals surface area contributed by atoms with Crippen molar-refractivity contribution in [3.8, 4) is 0 Å². The van der Waals surface area contributed by atoms with Gasteiger partial charge in [0, 0.05) is 39.8 Å². The fraction of sp³-hybridized carbons (Fsp3) is 0.444. The third kappa shape index (κ3) is 5.06. The molecule has 5 rings (SSSR count). The van der Waals surface area contributed by atoms with Gasteiger partial charge in [-0.05, 0) is 92.8 Å². The van der Waals surface area contributed by atoms with Crippen LogP contribution in [0.5, 0.6) is 0 Å². The van der Waals surface area contributed by atoms with E-state index in [-0.39, 0.29) is 17.6 Å². The molecular formula is C27H28Cl2FN3O. The highest BCUT2D eigenvalue weighted by Crippen LogP contribution is 2.36. The van der Waals surface area contributed by atoms with Crippen LogP contribution in [0.4, 0.5) is 4.39 Å². The Labute approximate surface area is 209 Å². The molecule has 1 aliphatic carbocycles. The number of amidine groups is 1. The number of aliphatic imine (C=N–C) groups is 2. The molecule has 178 valence electrons. The minimum absolute atomic E-state index is 0.0370. The molecule has 0 radical (unpaired) electrons. The third-order valence-electron chi connectivity index (χ3n) is 7.42. The molecule has 2 aromatic rings. The Morgan fingerprint density at radius 3 is 2.35 bits per heavy atom. The van der Waals surface area contributed by atoms with Crippen LogP contribution in [-0.4, -0.2) is 41.5 Å². The average molecular weight is 500 g/mol. The van der Waals surface area contributed by atoms with Crippen molar-refractivity contribution in [2.24, 2.45) is 21.8 Å². The van der Waals surface area contributed by atoms with Crippen LogP contribution in [0.25, 0.3) is 0 Å². The molecule has 1 amide bonds. The van der Waals surface area contributed by atoms with Gasteiger partial charge in [-0.25, -0.2) is 9.38 Å². The topological polar surface area (TPSA) is 45.0 Å². The Morgan fingerprint density at radius 2 is 1.65 bits per heavy atom. The lowest BCUT2D eigenvalue weighted by atomic mass is 9.82. The van der Waals surface area contributed by atoms with Gasteiger partial charge in [0.15, 0.2) is 5.84 Å². The monoisotopic (exact) mass is 499 g/mol. The SMILES string of the molecule is O=C1C(Cc2c(Cl)cccc2Cl)CCN1C1CCC(CC2=NC(c3ccc(F)cc3)=NC2)CC1. The number of likely N-dealkylation sites (tertiary alicyclic amines) is 1. The van der Waals surface area contributed by atoms with Crippen molar-refractivity contribution in [2.45, 2.75) is 51.0 Å². The van der Waals surface area contributed by atoms with Gasteiger partial charge >= 0.3 is 0 Å². The van der Waals surface area contributed by atoms with E-state index in [2.05, 4.69) is 9.89 Å². The molecule has 7 heteroatoms. The van der Waals surface area contributed by atoms with Gasteiger partial charge in [0.25, 0.3) is 0 Å². The zero-order valence-corrected chi connectivity index (χ0v) is 20.5. The summed E-state index contributed by atoms with van der Waals surface area (Å²) in [5.41, 5.74) is 2.85. The second-order valence-corrected chi connectivity index (χ2v) is 10.4. The van der Waals surface area contributed by atoms with Gasteiger partial charge in [-0.3, -0.25) is 9.79 Å². The van der Waals surface area contributed by atoms with Crippen molar-refractivity contribution in [1.29, 1.82) is 0 Å². The lowest BCUT2D eigenvalue weighted by molar-refractivity contribution is -0.133. The van der Waals surface area contributed by atoms with E-state index in [1.165, 1.54) is 12.1 Å². The molecule has 0 spiro atoms. The molecule has 1 atom stereocenters. The van der Waals surface area contributed by atoms with E-state index in [4.69, 9.17) is 28.2 Å². The quantitative estimate of drug-likeness (QED) is 0.455. The number of halogens is 3. The number of carbonyl (C=O) groups excluding carboxylic acids is 1. The molecule has 2 fully saturated rings. The van der Waals surface area contributed by atoms with Gasteiger partial charge in [0.1, 0.15) is 5.82 Å². The van der Waals surface area contributed by atoms with Crippen LogP contribution in [-0.2, 0) is 11.2 Å². The normalized spacial score (nSPS) is 25.0. The molecule has 0 aromatic heterocycles. The average Bonchev–Trinajstić information content (AvgIpc) is 3.44. The maximum Gasteiger partial charge on any atom is 0.226 e. The van der Waals surface area contributed by atoms with Crippen LogP contribution in [0.1, 0.15) is 49.7 Å². The summed E-state index contributed by atoms with van der Waals surface area (Å²) in [5, 5.41) is 1.28. The van der Waals surface area contributed by atoms with Gasteiger partial charge in [0.05, 0.1) is 6.54 Å². The van der Waals surface area contributed by atoms with E-state index in [0.717, 1.165) is 61.9 Å². The van der Waals surface area contributed by atoms with Gasteiger partial charge in [-0.1, -0.05) is 29.3 Å². The zero-order chi connectivity index (χ0) is 23.7. The lowest BCUT2D eigenvalue weighted by Gasteiger charge is -2.35. The smallest absolute Gasteiger partial charge is 0.226 e. The largest absolute Gasteiger partial charge is 0.339 e. The van der Waals surface area contributed by atoms with Crippen LogP contribution in [0.15, 0.2) is 52.4 Å². The summed E-state index contributed by atoms with van der Waals surface area (Å²) in [7, 11) is 0. The van der Waals surface area contributed by atoms with E-state index >= 15 is 0 Å². The van der Waals surface area contributed by atoms with Gasteiger partial charge in [-0.2, -0.15) is 0 Å². The summed E-state index contributed by atoms with van der Waals surface area (Å²) in [6, 6.07) is 12.2. The standard InChI is InChI=1S/C27H28Cl2FN3O/c28-24-2-1-3-25(29)23(24)15-19-12-13-33(27(19)34)22-10-4-17(5-11-22)14-21-16-31-26(32-21)18-6-8-20(30)9-7-18/h1-3,6-9,17,19,22H,4-5,10-16H2. The summed E-state index contributed by atoms with van der Waals surface area (Å²) in [6.07, 6.45) is 6.69. The Bertz CT molecular complexity index is 1100. The number of amides is 1. The second kappa shape index (κ2) is 10.2. The Balaban J connectivity index is 1.12. The number of rotatable bonds is 6. The Kier molecular flexibility index (Phi) is 7.03. The predicted molar refractivity (Wildman–Crippen MR) is 136 cm³/mol. The van der Waals surface area contributed by atoms with Crippen LogP contribution in [0.2, 0.25) is 10.0 Å². The highest BCUT2D eigenvalue weighted by atomic mass is 35.5. The van der Waals surface area contributed by atoms with Crippen molar-refractivity contribution in [1.82, 2.24) is 4.90 Å². The fourth-order valence-electron chi connectivity index (χ4n) is 5.53. The van der Waals surface area contributed by atoms with E-state index in [1.807, 2.05) is 18.2 Å². The molecule has 0 bridgehead atoms. The number of carbonyl (C=O) groups is 1. The van der Waals surface area contributed by atoms with Crippen LogP contribution >= 0.6 is 23.2 Å². The van der Waals surface area contributed by atoms with E-state index in [0.29, 0.717) is 40.8 Å². The number of nitrogens with zero attached hydrogens (tertiary/aromatic N) is 3. The highest BCUT2D eigenvalue weighted by molar-refractivity contribution is 6.36. The molecule has 34 heavy (non-hydrogen) atoms. The summed E-state index contributed by atoms with van der Waals surface area (Å²) < 4.78 is 13.2. The van der Waals surface area contributed by atoms with Crippen molar-refractivity contribution >= 4 is 40.7 Å². The maximum atomic E-state index is 13.2. The van der Waals surface area contributed by atoms with Crippen molar-refractivity contribution in [3.05, 3.63) is 69.5 Å². The number of benzene rings is 2. The zero-order valence-electron chi connectivity index (χ0n) is 19.0. The maximum absolute atomic E-state index is 13.2. The molecule has 3 aliphatic rings. The predicted octanol–water partition coefficient (Wildman–Crippen LogP) is 6.37. The summed E-state index contributed by atoms with van der Waals surface area (Å²) in [4.78, 5) is 24.5. The van der Waals surface area contributed by atoms with Gasteiger partial charge in [0.2, 0.25) is 5.91 Å². The molecule has 4 nitrogen and oxygen atoms in total. The van der Waals surface area contributed by atoms with E-state index < -0.39 is 0 Å². The molecule has 1 unspecified atom stereocenters. The molecule has 1 saturated heterocycles. The van der Waals surface area contributed by atoms with Gasteiger partial charge < -0.3 is 4.90 Å². The number of hydrogen-bond acceptors (Lipinski definition) is 3. The molecule has 2 aliphatic heterocycles. The summed E-state index contributed by atoms with van der Waals surface area (Å²) in [6.45, 7) is 1.45. The first kappa shape index (κ1) is 23.5. The summed E-state index contributed by atoms with van der Waals surface area (Å²) >= 11 is 12.7. The fourth-order valence-corrected chi connectivity index (χ4v) is 6.09. The molecular weight excluding hydrogens is 472 g/mol. The minimum Gasteiger partial charge on any atom is -0.339 e. The first-order chi connectivity index (χ1) is 16.5. The number of hydrogen-bond donors (Lipinski definition) is 0. The molecule has 1 saturated carbocycles. The summed E-state index contributed by atoms with van der Waals surface area (Å²) in [5.74, 6) is 1.24. The Morgan fingerprint density at radius 1 is 0.941 bits per heavy atom. The molecule has 0 N–H and O–H groups in total. The first-order valence-electron chi connectivity index (χ1n) is 12.1. The minimum atomic E-state index is -0.251. The van der Waals surface area contributed by atoms with E-state index in [9.17, 15) is 9.18 Å². The van der Waals surface area contributed by atoms with E-state index in [1.54, 1.807) is 12.1 Å². The second-order valence-electron chi connectivity index (χ2n) is 9.62. The molecule has 2 aromatic carbocycles. The van der Waals surface area contributed by atoms with Crippen LogP contribution < -0.4 is 0 Å². The van der Waals surface area contributed by atoms with Crippen molar-refractivity contribution in [3.63, 3.8) is 0 Å². The van der Waals surface area contributed by atoms with Crippen LogP contribution in [0, 0.1) is 17.7 Å². The Hall–Kier alpha value is -2.24. The lowest BCUT2D eigenvalue weighted by Crippen LogP contribution is -2.40. The first-order valence-corrected chi connectivity index (χ1v) is 12.8. The van der Waals surface area contributed by atoms with Crippen molar-refractivity contribution < 1.29 is 9.18 Å².